The summed E-state index contributed by atoms with van der Waals surface area (Å²) in [6, 6.07) is 17.8. The van der Waals surface area contributed by atoms with E-state index < -0.39 is 31.0 Å². The van der Waals surface area contributed by atoms with Crippen molar-refractivity contribution in [1.82, 2.24) is 4.41 Å². The van der Waals surface area contributed by atoms with Gasteiger partial charge in [0.25, 0.3) is 15.7 Å². The summed E-state index contributed by atoms with van der Waals surface area (Å²) in [7, 11) is -7.52. The Labute approximate surface area is 203 Å². The number of rotatable bonds is 7. The molecule has 0 saturated carbocycles. The van der Waals surface area contributed by atoms with Crippen LogP contribution < -0.4 is 4.72 Å². The molecule has 0 bridgehead atoms. The van der Waals surface area contributed by atoms with Crippen LogP contribution in [0.1, 0.15) is 29.2 Å². The van der Waals surface area contributed by atoms with E-state index in [1.807, 2.05) is 6.92 Å². The third-order valence-electron chi connectivity index (χ3n) is 5.42. The van der Waals surface area contributed by atoms with E-state index in [1.54, 1.807) is 42.5 Å². The van der Waals surface area contributed by atoms with E-state index in [-0.39, 0.29) is 17.0 Å². The number of anilines is 1. The number of nitro groups is 1. The van der Waals surface area contributed by atoms with E-state index in [9.17, 15) is 26.9 Å². The minimum absolute atomic E-state index is 0.0521. The first kappa shape index (κ1) is 24.4. The van der Waals surface area contributed by atoms with Crippen LogP contribution in [0.15, 0.2) is 82.8 Å². The predicted molar refractivity (Wildman–Crippen MR) is 132 cm³/mol. The molecule has 1 aliphatic heterocycles. The Morgan fingerprint density at radius 2 is 1.66 bits per heavy atom. The predicted octanol–water partition coefficient (Wildman–Crippen LogP) is 3.81. The fourth-order valence-electron chi connectivity index (χ4n) is 3.74. The van der Waals surface area contributed by atoms with Gasteiger partial charge in [-0.2, -0.15) is 17.9 Å². The van der Waals surface area contributed by atoms with Gasteiger partial charge in [-0.1, -0.05) is 42.0 Å². The Bertz CT molecular complexity index is 1520. The van der Waals surface area contributed by atoms with Gasteiger partial charge in [0.1, 0.15) is 0 Å². The number of nitro benzene ring substituents is 1. The molecular formula is C23H22N4O6S2. The standard InChI is InChI=1S/C23H22N4O6S2/c1-16-6-12-21(13-7-16)35(32,33)26-23(18-4-3-5-20(14-18)27(28)29)15-22(24-26)17-8-10-19(11-9-17)25-34(2,30)31/h3-14,23,25H,15H2,1-2H3/t23-/m1/s1. The van der Waals surface area contributed by atoms with Crippen LogP contribution in [-0.4, -0.2) is 38.1 Å². The molecule has 0 spiro atoms. The van der Waals surface area contributed by atoms with Crippen molar-refractivity contribution in [3.05, 3.63) is 99.6 Å². The number of nitrogens with zero attached hydrogens (tertiary/aromatic N) is 3. The summed E-state index contributed by atoms with van der Waals surface area (Å²) >= 11 is 0. The van der Waals surface area contributed by atoms with Gasteiger partial charge in [-0.15, -0.1) is 0 Å². The molecule has 3 aromatic rings. The molecule has 0 aromatic heterocycles. The van der Waals surface area contributed by atoms with Crippen LogP contribution in [0.3, 0.4) is 0 Å². The van der Waals surface area contributed by atoms with Crippen molar-refractivity contribution < 1.29 is 21.8 Å². The second kappa shape index (κ2) is 9.12. The van der Waals surface area contributed by atoms with Gasteiger partial charge >= 0.3 is 0 Å². The second-order valence-corrected chi connectivity index (χ2v) is 11.7. The lowest BCUT2D eigenvalue weighted by Gasteiger charge is -2.23. The summed E-state index contributed by atoms with van der Waals surface area (Å²) in [6.07, 6.45) is 1.21. The zero-order chi connectivity index (χ0) is 25.4. The molecule has 10 nitrogen and oxygen atoms in total. The molecule has 0 radical (unpaired) electrons. The first-order valence-electron chi connectivity index (χ1n) is 10.5. The topological polar surface area (TPSA) is 139 Å². The smallest absolute Gasteiger partial charge is 0.279 e. The van der Waals surface area contributed by atoms with Crippen molar-refractivity contribution in [2.75, 3.05) is 11.0 Å². The maximum absolute atomic E-state index is 13.5. The molecule has 0 saturated heterocycles. The largest absolute Gasteiger partial charge is 0.284 e. The average molecular weight is 515 g/mol. The quantitative estimate of drug-likeness (QED) is 0.376. The summed E-state index contributed by atoms with van der Waals surface area (Å²) in [5, 5.41) is 15.7. The molecule has 0 unspecified atom stereocenters. The molecule has 12 heteroatoms. The molecule has 3 aromatic carbocycles. The molecule has 0 amide bonds. The zero-order valence-corrected chi connectivity index (χ0v) is 20.5. The molecule has 35 heavy (non-hydrogen) atoms. The highest BCUT2D eigenvalue weighted by Crippen LogP contribution is 2.38. The van der Waals surface area contributed by atoms with E-state index >= 15 is 0 Å². The first-order chi connectivity index (χ1) is 16.4. The zero-order valence-electron chi connectivity index (χ0n) is 18.8. The van der Waals surface area contributed by atoms with Crippen LogP contribution in [-0.2, 0) is 20.0 Å². The molecular weight excluding hydrogens is 492 g/mol. The molecule has 0 aliphatic carbocycles. The Balaban J connectivity index is 1.76. The third kappa shape index (κ3) is 5.33. The van der Waals surface area contributed by atoms with Gasteiger partial charge < -0.3 is 0 Å². The van der Waals surface area contributed by atoms with Crippen molar-refractivity contribution in [1.29, 1.82) is 0 Å². The minimum Gasteiger partial charge on any atom is -0.284 e. The van der Waals surface area contributed by atoms with Gasteiger partial charge in [0.2, 0.25) is 10.0 Å². The van der Waals surface area contributed by atoms with Gasteiger partial charge in [0.15, 0.2) is 0 Å². The fourth-order valence-corrected chi connectivity index (χ4v) is 5.74. The van der Waals surface area contributed by atoms with Crippen molar-refractivity contribution >= 4 is 37.1 Å². The Hall–Kier alpha value is -3.77. The number of hydrazone groups is 1. The fraction of sp³-hybridized carbons (Fsp3) is 0.174. The maximum atomic E-state index is 13.5. The number of hydrogen-bond donors (Lipinski definition) is 1. The molecule has 1 heterocycles. The number of nitrogens with one attached hydrogen (secondary N) is 1. The number of sulfonamides is 2. The maximum Gasteiger partial charge on any atom is 0.279 e. The second-order valence-electron chi connectivity index (χ2n) is 8.16. The van der Waals surface area contributed by atoms with E-state index in [0.29, 0.717) is 22.5 Å². The van der Waals surface area contributed by atoms with Crippen LogP contribution in [0, 0.1) is 17.0 Å². The molecule has 1 N–H and O–H groups in total. The summed E-state index contributed by atoms with van der Waals surface area (Å²) in [5.41, 5.74) is 2.58. The molecule has 182 valence electrons. The molecule has 4 rings (SSSR count). The Morgan fingerprint density at radius 1 is 1.00 bits per heavy atom. The minimum atomic E-state index is -4.07. The first-order valence-corrected chi connectivity index (χ1v) is 13.8. The number of benzene rings is 3. The van der Waals surface area contributed by atoms with Crippen LogP contribution in [0.5, 0.6) is 0 Å². The van der Waals surface area contributed by atoms with Crippen molar-refractivity contribution in [3.63, 3.8) is 0 Å². The van der Waals surface area contributed by atoms with Gasteiger partial charge in [0, 0.05) is 24.2 Å². The van der Waals surface area contributed by atoms with Crippen LogP contribution >= 0.6 is 0 Å². The van der Waals surface area contributed by atoms with Crippen LogP contribution in [0.2, 0.25) is 0 Å². The van der Waals surface area contributed by atoms with Gasteiger partial charge in [-0.3, -0.25) is 14.8 Å². The lowest BCUT2D eigenvalue weighted by Crippen LogP contribution is -2.27. The van der Waals surface area contributed by atoms with Crippen LogP contribution in [0.4, 0.5) is 11.4 Å². The highest BCUT2D eigenvalue weighted by molar-refractivity contribution is 7.92. The average Bonchev–Trinajstić information content (AvgIpc) is 3.25. The summed E-state index contributed by atoms with van der Waals surface area (Å²) in [4.78, 5) is 10.8. The summed E-state index contributed by atoms with van der Waals surface area (Å²) in [6.45, 7) is 1.84. The third-order valence-corrected chi connectivity index (χ3v) is 7.73. The van der Waals surface area contributed by atoms with Crippen molar-refractivity contribution in [2.45, 2.75) is 24.3 Å². The van der Waals surface area contributed by atoms with E-state index in [1.165, 1.54) is 30.3 Å². The number of aryl methyl sites for hydroxylation is 1. The van der Waals surface area contributed by atoms with E-state index in [2.05, 4.69) is 9.82 Å². The lowest BCUT2D eigenvalue weighted by molar-refractivity contribution is -0.384. The van der Waals surface area contributed by atoms with Gasteiger partial charge in [-0.25, -0.2) is 8.42 Å². The normalized spacial score (nSPS) is 16.1. The Morgan fingerprint density at radius 3 is 2.26 bits per heavy atom. The molecule has 0 fully saturated rings. The number of hydrogen-bond acceptors (Lipinski definition) is 7. The molecule has 1 atom stereocenters. The highest BCUT2D eigenvalue weighted by atomic mass is 32.2. The highest BCUT2D eigenvalue weighted by Gasteiger charge is 2.38. The van der Waals surface area contributed by atoms with Crippen molar-refractivity contribution in [2.24, 2.45) is 5.10 Å². The number of non-ortho nitro benzene ring substituents is 1. The SMILES string of the molecule is Cc1ccc(S(=O)(=O)N2N=C(c3ccc(NS(C)(=O)=O)cc3)C[C@@H]2c2cccc([N+](=O)[O-])c2)cc1. The summed E-state index contributed by atoms with van der Waals surface area (Å²) in [5.74, 6) is 0. The summed E-state index contributed by atoms with van der Waals surface area (Å²) < 4.78 is 53.4. The van der Waals surface area contributed by atoms with Crippen LogP contribution in [0.25, 0.3) is 0 Å². The lowest BCUT2D eigenvalue weighted by atomic mass is 9.99. The van der Waals surface area contributed by atoms with Crippen molar-refractivity contribution in [3.8, 4) is 0 Å². The van der Waals surface area contributed by atoms with E-state index in [0.717, 1.165) is 16.2 Å². The molecule has 1 aliphatic rings. The van der Waals surface area contributed by atoms with Gasteiger partial charge in [0.05, 0.1) is 27.8 Å². The van der Waals surface area contributed by atoms with Gasteiger partial charge in [-0.05, 0) is 42.3 Å². The Kier molecular flexibility index (Phi) is 6.34. The monoisotopic (exact) mass is 514 g/mol. The van der Waals surface area contributed by atoms with E-state index in [4.69, 9.17) is 0 Å².